The predicted molar refractivity (Wildman–Crippen MR) is 129 cm³/mol. The number of amides is 2. The van der Waals surface area contributed by atoms with Crippen molar-refractivity contribution in [3.63, 3.8) is 0 Å². The van der Waals surface area contributed by atoms with E-state index in [1.165, 1.54) is 0 Å². The average molecular weight is 508 g/mol. The summed E-state index contributed by atoms with van der Waals surface area (Å²) in [5.74, 6) is 0.145. The first-order valence-corrected chi connectivity index (χ1v) is 10.8. The van der Waals surface area contributed by atoms with Crippen LogP contribution in [0.25, 0.3) is 0 Å². The van der Waals surface area contributed by atoms with Crippen LogP contribution in [-0.4, -0.2) is 56.2 Å². The van der Waals surface area contributed by atoms with Gasteiger partial charge in [-0.2, -0.15) is 0 Å². The molecule has 0 atom stereocenters. The Kier molecular flexibility index (Phi) is 9.90. The fraction of sp³-hybridized carbons (Fsp3) is 0.318. The van der Waals surface area contributed by atoms with Crippen molar-refractivity contribution >= 4 is 50.8 Å². The van der Waals surface area contributed by atoms with Crippen LogP contribution >= 0.6 is 28.1 Å². The third kappa shape index (κ3) is 8.28. The molecule has 0 unspecified atom stereocenters. The minimum Gasteiger partial charge on any atom is -0.490 e. The van der Waals surface area contributed by atoms with E-state index in [-0.39, 0.29) is 16.9 Å². The minimum absolute atomic E-state index is 0.0872. The smallest absolute Gasteiger partial charge is 0.261 e. The molecule has 0 fully saturated rings. The van der Waals surface area contributed by atoms with Crippen LogP contribution in [0.4, 0.5) is 5.69 Å². The van der Waals surface area contributed by atoms with Crippen LogP contribution in [0.2, 0.25) is 0 Å². The standard InChI is InChI=1S/C22H26BrN3O4S/c1-26(2)20(27)11-6-15-4-8-17(9-5-15)24-22(31)25-21(28)18-14-16(23)7-10-19(18)30-13-12-29-3/h4-5,7-10,14H,6,11-13H2,1-3H3,(H2,24,25,28,31). The Labute approximate surface area is 196 Å². The van der Waals surface area contributed by atoms with Gasteiger partial charge >= 0.3 is 0 Å². The summed E-state index contributed by atoms with van der Waals surface area (Å²) >= 11 is 8.65. The van der Waals surface area contributed by atoms with Crippen LogP contribution in [0.3, 0.4) is 0 Å². The zero-order valence-corrected chi connectivity index (χ0v) is 20.1. The monoisotopic (exact) mass is 507 g/mol. The Bertz CT molecular complexity index is 919. The van der Waals surface area contributed by atoms with Crippen molar-refractivity contribution in [2.45, 2.75) is 12.8 Å². The predicted octanol–water partition coefficient (Wildman–Crippen LogP) is 3.62. The maximum atomic E-state index is 12.7. The number of benzene rings is 2. The number of aryl methyl sites for hydroxylation is 1. The van der Waals surface area contributed by atoms with Gasteiger partial charge in [0.15, 0.2) is 5.11 Å². The Morgan fingerprint density at radius 3 is 2.45 bits per heavy atom. The molecule has 2 amide bonds. The van der Waals surface area contributed by atoms with Gasteiger partial charge in [-0.05, 0) is 54.5 Å². The molecule has 0 spiro atoms. The summed E-state index contributed by atoms with van der Waals surface area (Å²) in [5.41, 5.74) is 2.14. The molecule has 0 saturated heterocycles. The van der Waals surface area contributed by atoms with E-state index < -0.39 is 0 Å². The molecule has 2 rings (SSSR count). The molecule has 0 radical (unpaired) electrons. The maximum absolute atomic E-state index is 12.7. The molecule has 166 valence electrons. The summed E-state index contributed by atoms with van der Waals surface area (Å²) in [6.07, 6.45) is 1.11. The van der Waals surface area contributed by atoms with Crippen LogP contribution in [-0.2, 0) is 16.0 Å². The lowest BCUT2D eigenvalue weighted by Crippen LogP contribution is -2.34. The van der Waals surface area contributed by atoms with E-state index in [0.717, 1.165) is 15.7 Å². The molecule has 0 heterocycles. The number of halogens is 1. The molecule has 0 aliphatic heterocycles. The molecular weight excluding hydrogens is 482 g/mol. The van der Waals surface area contributed by atoms with Gasteiger partial charge in [0, 0.05) is 37.8 Å². The molecule has 9 heteroatoms. The molecular formula is C22H26BrN3O4S. The Balaban J connectivity index is 1.94. The van der Waals surface area contributed by atoms with Gasteiger partial charge < -0.3 is 19.7 Å². The van der Waals surface area contributed by atoms with Gasteiger partial charge in [-0.3, -0.25) is 14.9 Å². The number of thiocarbonyl (C=S) groups is 1. The number of nitrogens with one attached hydrogen (secondary N) is 2. The maximum Gasteiger partial charge on any atom is 0.261 e. The number of ether oxygens (including phenoxy) is 2. The molecule has 7 nitrogen and oxygen atoms in total. The second-order valence-electron chi connectivity index (χ2n) is 6.88. The van der Waals surface area contributed by atoms with Gasteiger partial charge in [0.05, 0.1) is 12.2 Å². The summed E-state index contributed by atoms with van der Waals surface area (Å²) in [5, 5.41) is 5.83. The first kappa shape index (κ1) is 24.8. The van der Waals surface area contributed by atoms with E-state index in [0.29, 0.717) is 37.4 Å². The second-order valence-corrected chi connectivity index (χ2v) is 8.20. The lowest BCUT2D eigenvalue weighted by atomic mass is 10.1. The van der Waals surface area contributed by atoms with Crippen molar-refractivity contribution in [1.29, 1.82) is 0 Å². The van der Waals surface area contributed by atoms with Crippen LogP contribution in [0.5, 0.6) is 5.75 Å². The van der Waals surface area contributed by atoms with Crippen molar-refractivity contribution < 1.29 is 19.1 Å². The van der Waals surface area contributed by atoms with E-state index >= 15 is 0 Å². The second kappa shape index (κ2) is 12.4. The third-order valence-electron chi connectivity index (χ3n) is 4.30. The molecule has 0 bridgehead atoms. The van der Waals surface area contributed by atoms with Gasteiger partial charge in [-0.25, -0.2) is 0 Å². The fourth-order valence-corrected chi connectivity index (χ4v) is 3.17. The zero-order chi connectivity index (χ0) is 22.8. The Hall–Kier alpha value is -2.49. The largest absolute Gasteiger partial charge is 0.490 e. The minimum atomic E-state index is -0.384. The quantitative estimate of drug-likeness (QED) is 0.398. The zero-order valence-electron chi connectivity index (χ0n) is 17.7. The van der Waals surface area contributed by atoms with E-state index in [1.54, 1.807) is 44.3 Å². The van der Waals surface area contributed by atoms with Crippen LogP contribution in [0, 0.1) is 0 Å². The van der Waals surface area contributed by atoms with Crippen molar-refractivity contribution in [3.8, 4) is 5.75 Å². The average Bonchev–Trinajstić information content (AvgIpc) is 2.73. The number of anilines is 1. The summed E-state index contributed by atoms with van der Waals surface area (Å²) < 4.78 is 11.4. The highest BCUT2D eigenvalue weighted by molar-refractivity contribution is 9.10. The topological polar surface area (TPSA) is 79.9 Å². The van der Waals surface area contributed by atoms with E-state index in [2.05, 4.69) is 26.6 Å². The highest BCUT2D eigenvalue weighted by atomic mass is 79.9. The number of rotatable bonds is 9. The first-order chi connectivity index (χ1) is 14.8. The van der Waals surface area contributed by atoms with Gasteiger partial charge in [0.2, 0.25) is 5.91 Å². The highest BCUT2D eigenvalue weighted by Crippen LogP contribution is 2.23. The van der Waals surface area contributed by atoms with E-state index in [1.807, 2.05) is 24.3 Å². The number of hydrogen-bond acceptors (Lipinski definition) is 5. The lowest BCUT2D eigenvalue weighted by Gasteiger charge is -2.14. The highest BCUT2D eigenvalue weighted by Gasteiger charge is 2.15. The number of methoxy groups -OCH3 is 1. The Morgan fingerprint density at radius 2 is 1.81 bits per heavy atom. The first-order valence-electron chi connectivity index (χ1n) is 9.63. The molecule has 2 N–H and O–H groups in total. The molecule has 0 aliphatic rings. The lowest BCUT2D eigenvalue weighted by molar-refractivity contribution is -0.128. The van der Waals surface area contributed by atoms with Crippen molar-refractivity contribution in [1.82, 2.24) is 10.2 Å². The van der Waals surface area contributed by atoms with Gasteiger partial charge in [0.1, 0.15) is 12.4 Å². The van der Waals surface area contributed by atoms with Crippen molar-refractivity contribution in [2.24, 2.45) is 0 Å². The van der Waals surface area contributed by atoms with E-state index in [4.69, 9.17) is 21.7 Å². The molecule has 0 aromatic heterocycles. The number of carbonyl (C=O) groups excluding carboxylic acids is 2. The van der Waals surface area contributed by atoms with Crippen molar-refractivity contribution in [3.05, 3.63) is 58.1 Å². The van der Waals surface area contributed by atoms with Crippen LogP contribution in [0.15, 0.2) is 46.9 Å². The summed E-state index contributed by atoms with van der Waals surface area (Å²) in [7, 11) is 5.07. The third-order valence-corrected chi connectivity index (χ3v) is 4.99. The Morgan fingerprint density at radius 1 is 1.10 bits per heavy atom. The summed E-state index contributed by atoms with van der Waals surface area (Å²) in [6.45, 7) is 0.740. The number of nitrogens with zero attached hydrogens (tertiary/aromatic N) is 1. The van der Waals surface area contributed by atoms with Crippen molar-refractivity contribution in [2.75, 3.05) is 39.7 Å². The number of carbonyl (C=O) groups is 2. The molecule has 2 aromatic carbocycles. The van der Waals surface area contributed by atoms with E-state index in [9.17, 15) is 9.59 Å². The van der Waals surface area contributed by atoms with Crippen LogP contribution in [0.1, 0.15) is 22.3 Å². The molecule has 0 saturated carbocycles. The SMILES string of the molecule is COCCOc1ccc(Br)cc1C(=O)NC(=S)Nc1ccc(CCC(=O)N(C)C)cc1. The molecule has 31 heavy (non-hydrogen) atoms. The molecule has 2 aromatic rings. The normalized spacial score (nSPS) is 10.3. The van der Waals surface area contributed by atoms with Gasteiger partial charge in [-0.15, -0.1) is 0 Å². The summed E-state index contributed by atoms with van der Waals surface area (Å²) in [6, 6.07) is 12.7. The molecule has 0 aliphatic carbocycles. The van der Waals surface area contributed by atoms with Crippen LogP contribution < -0.4 is 15.4 Å². The summed E-state index contributed by atoms with van der Waals surface area (Å²) in [4.78, 5) is 26.0. The number of hydrogen-bond donors (Lipinski definition) is 2. The van der Waals surface area contributed by atoms with Gasteiger partial charge in [0.25, 0.3) is 5.91 Å². The fourth-order valence-electron chi connectivity index (χ4n) is 2.60. The van der Waals surface area contributed by atoms with Gasteiger partial charge in [-0.1, -0.05) is 28.1 Å².